The van der Waals surface area contributed by atoms with Crippen molar-refractivity contribution in [3.05, 3.63) is 65.4 Å². The molecule has 1 N–H and O–H groups in total. The number of hydrogen-bond acceptors (Lipinski definition) is 4. The van der Waals surface area contributed by atoms with Crippen LogP contribution < -0.4 is 4.74 Å². The predicted octanol–water partition coefficient (Wildman–Crippen LogP) is 5.36. The highest BCUT2D eigenvalue weighted by Crippen LogP contribution is 2.45. The van der Waals surface area contributed by atoms with Gasteiger partial charge in [-0.25, -0.2) is 4.79 Å². The first-order valence-corrected chi connectivity index (χ1v) is 10.1. The van der Waals surface area contributed by atoms with Crippen LogP contribution in [0.2, 0.25) is 5.02 Å². The van der Waals surface area contributed by atoms with E-state index in [0.717, 1.165) is 32.9 Å². The Morgan fingerprint density at radius 3 is 2.79 bits per heavy atom. The van der Waals surface area contributed by atoms with E-state index in [1.807, 2.05) is 46.6 Å². The predicted molar refractivity (Wildman–Crippen MR) is 114 cm³/mol. The van der Waals surface area contributed by atoms with Crippen LogP contribution in [-0.4, -0.2) is 32.5 Å². The van der Waals surface area contributed by atoms with Crippen molar-refractivity contribution in [3.8, 4) is 11.6 Å². The smallest absolute Gasteiger partial charge is 0.335 e. The number of benzene rings is 2. The topological polar surface area (TPSA) is 69.3 Å². The molecule has 0 atom stereocenters. The van der Waals surface area contributed by atoms with E-state index in [1.165, 1.54) is 11.8 Å². The molecule has 0 aliphatic carbocycles. The number of carboxylic acids is 1. The zero-order valence-electron chi connectivity index (χ0n) is 15.8. The van der Waals surface area contributed by atoms with Crippen LogP contribution in [0, 0.1) is 0 Å². The van der Waals surface area contributed by atoms with Crippen LogP contribution in [0.5, 0.6) is 5.88 Å². The van der Waals surface area contributed by atoms with Gasteiger partial charge in [0.25, 0.3) is 0 Å². The van der Waals surface area contributed by atoms with E-state index in [4.69, 9.17) is 16.3 Å². The van der Waals surface area contributed by atoms with E-state index < -0.39 is 5.97 Å². The van der Waals surface area contributed by atoms with Crippen LogP contribution in [0.1, 0.15) is 17.3 Å². The molecule has 29 heavy (non-hydrogen) atoms. The van der Waals surface area contributed by atoms with Crippen molar-refractivity contribution in [1.29, 1.82) is 0 Å². The number of methoxy groups -OCH3 is 1. The monoisotopic (exact) mass is 427 g/mol. The van der Waals surface area contributed by atoms with Gasteiger partial charge in [-0.05, 0) is 37.3 Å². The highest BCUT2D eigenvalue weighted by Gasteiger charge is 2.22. The summed E-state index contributed by atoms with van der Waals surface area (Å²) < 4.78 is 9.61. The summed E-state index contributed by atoms with van der Waals surface area (Å²) in [6, 6.07) is 12.5. The molecule has 2 aromatic heterocycles. The van der Waals surface area contributed by atoms with E-state index in [-0.39, 0.29) is 5.56 Å². The third kappa shape index (κ3) is 3.59. The molecule has 0 aliphatic heterocycles. The second kappa shape index (κ2) is 7.85. The lowest BCUT2D eigenvalue weighted by molar-refractivity contribution is 0.0696. The lowest BCUT2D eigenvalue weighted by atomic mass is 10.2. The number of carboxylic acid groups (broad SMARTS) is 1. The van der Waals surface area contributed by atoms with E-state index in [0.29, 0.717) is 10.9 Å². The average molecular weight is 428 g/mol. The van der Waals surface area contributed by atoms with Crippen LogP contribution in [0.3, 0.4) is 0 Å². The zero-order chi connectivity index (χ0) is 20.5. The first-order valence-electron chi connectivity index (χ1n) is 8.93. The van der Waals surface area contributed by atoms with Gasteiger partial charge in [0.15, 0.2) is 0 Å². The molecule has 2 aromatic carbocycles. The Morgan fingerprint density at radius 2 is 2.10 bits per heavy atom. The minimum Gasteiger partial charge on any atom is -0.481 e. The minimum atomic E-state index is -0.958. The molecule has 0 aliphatic rings. The largest absolute Gasteiger partial charge is 0.481 e. The zero-order valence-corrected chi connectivity index (χ0v) is 17.4. The number of fused-ring (bicyclic) bond motifs is 1. The van der Waals surface area contributed by atoms with Crippen LogP contribution in [0.25, 0.3) is 16.6 Å². The maximum atomic E-state index is 11.3. The van der Waals surface area contributed by atoms with Crippen molar-refractivity contribution < 1.29 is 14.6 Å². The molecular weight excluding hydrogens is 410 g/mol. The molecule has 4 rings (SSSR count). The SMILES string of the molecule is CCn1cc(-n2c(OC)c(Sc3cccc(C(=O)O)c3)c3ccc(Cl)cc32)cn1. The number of nitrogens with zero attached hydrogens (tertiary/aromatic N) is 3. The molecule has 0 saturated heterocycles. The third-order valence-electron chi connectivity index (χ3n) is 4.54. The lowest BCUT2D eigenvalue weighted by Gasteiger charge is -2.09. The molecular formula is C21H18ClN3O3S. The van der Waals surface area contributed by atoms with Crippen molar-refractivity contribution in [2.24, 2.45) is 0 Å². The summed E-state index contributed by atoms with van der Waals surface area (Å²) in [5.41, 5.74) is 1.99. The van der Waals surface area contributed by atoms with E-state index in [2.05, 4.69) is 5.10 Å². The van der Waals surface area contributed by atoms with Gasteiger partial charge in [-0.15, -0.1) is 0 Å². The molecule has 6 nitrogen and oxygen atoms in total. The first kappa shape index (κ1) is 19.4. The van der Waals surface area contributed by atoms with Gasteiger partial charge in [-0.2, -0.15) is 5.10 Å². The van der Waals surface area contributed by atoms with Gasteiger partial charge >= 0.3 is 5.97 Å². The summed E-state index contributed by atoms with van der Waals surface area (Å²) in [4.78, 5) is 13.0. The number of hydrogen-bond donors (Lipinski definition) is 1. The maximum absolute atomic E-state index is 11.3. The second-order valence-electron chi connectivity index (χ2n) is 6.32. The lowest BCUT2D eigenvalue weighted by Crippen LogP contribution is -1.98. The number of aromatic nitrogens is 3. The van der Waals surface area contributed by atoms with E-state index in [1.54, 1.807) is 31.5 Å². The molecule has 0 bridgehead atoms. The van der Waals surface area contributed by atoms with Crippen LogP contribution in [0.15, 0.2) is 64.6 Å². The molecule has 0 spiro atoms. The van der Waals surface area contributed by atoms with Gasteiger partial charge in [-0.1, -0.05) is 35.5 Å². The fraction of sp³-hybridized carbons (Fsp3) is 0.143. The molecule has 2 heterocycles. The number of carbonyl (C=O) groups is 1. The highest BCUT2D eigenvalue weighted by atomic mass is 35.5. The van der Waals surface area contributed by atoms with Crippen LogP contribution >= 0.6 is 23.4 Å². The summed E-state index contributed by atoms with van der Waals surface area (Å²) >= 11 is 7.74. The molecule has 8 heteroatoms. The van der Waals surface area contributed by atoms with Crippen molar-refractivity contribution >= 4 is 40.2 Å². The molecule has 0 unspecified atom stereocenters. The van der Waals surface area contributed by atoms with Crippen LogP contribution in [-0.2, 0) is 6.54 Å². The molecule has 148 valence electrons. The van der Waals surface area contributed by atoms with E-state index in [9.17, 15) is 9.90 Å². The quantitative estimate of drug-likeness (QED) is 0.448. The number of rotatable bonds is 6. The Bertz CT molecular complexity index is 1220. The molecule has 0 fully saturated rings. The molecule has 0 saturated carbocycles. The summed E-state index contributed by atoms with van der Waals surface area (Å²) in [6.45, 7) is 2.78. The summed E-state index contributed by atoms with van der Waals surface area (Å²) in [6.07, 6.45) is 3.73. The van der Waals surface area contributed by atoms with E-state index >= 15 is 0 Å². The summed E-state index contributed by atoms with van der Waals surface area (Å²) in [7, 11) is 1.62. The Kier molecular flexibility index (Phi) is 5.25. The van der Waals surface area contributed by atoms with Crippen molar-refractivity contribution in [3.63, 3.8) is 0 Å². The van der Waals surface area contributed by atoms with Gasteiger partial charge in [0.2, 0.25) is 5.88 Å². The fourth-order valence-corrected chi connectivity index (χ4v) is 4.48. The van der Waals surface area contributed by atoms with Crippen molar-refractivity contribution in [2.45, 2.75) is 23.3 Å². The number of halogens is 1. The number of aryl methyl sites for hydroxylation is 1. The number of aromatic carboxylic acids is 1. The van der Waals surface area contributed by atoms with Crippen LogP contribution in [0.4, 0.5) is 0 Å². The average Bonchev–Trinajstić information content (AvgIpc) is 3.30. The highest BCUT2D eigenvalue weighted by molar-refractivity contribution is 7.99. The summed E-state index contributed by atoms with van der Waals surface area (Å²) in [5, 5.41) is 15.2. The van der Waals surface area contributed by atoms with Gasteiger partial charge < -0.3 is 9.84 Å². The standard InChI is InChI=1S/C21H18ClN3O3S/c1-3-24-12-15(11-23-24)25-18-10-14(22)7-8-17(18)19(20(25)28-2)29-16-6-4-5-13(9-16)21(26)27/h4-12H,3H2,1-2H3,(H,26,27). The Morgan fingerprint density at radius 1 is 1.28 bits per heavy atom. The minimum absolute atomic E-state index is 0.241. The molecule has 4 aromatic rings. The molecule has 0 amide bonds. The Balaban J connectivity index is 1.92. The Hall–Kier alpha value is -2.90. The van der Waals surface area contributed by atoms with Gasteiger partial charge in [0.1, 0.15) is 0 Å². The van der Waals surface area contributed by atoms with Gasteiger partial charge in [0, 0.05) is 28.0 Å². The van der Waals surface area contributed by atoms with Gasteiger partial charge in [0.05, 0.1) is 35.0 Å². The molecule has 0 radical (unpaired) electrons. The summed E-state index contributed by atoms with van der Waals surface area (Å²) in [5.74, 6) is -0.316. The Labute approximate surface area is 176 Å². The second-order valence-corrected chi connectivity index (χ2v) is 7.84. The van der Waals surface area contributed by atoms with Gasteiger partial charge in [-0.3, -0.25) is 9.25 Å². The maximum Gasteiger partial charge on any atom is 0.335 e. The number of ether oxygens (including phenoxy) is 1. The fourth-order valence-electron chi connectivity index (χ4n) is 3.20. The van der Waals surface area contributed by atoms with Crippen molar-refractivity contribution in [2.75, 3.05) is 7.11 Å². The first-order chi connectivity index (χ1) is 14.0. The normalized spacial score (nSPS) is 11.1. The third-order valence-corrected chi connectivity index (χ3v) is 5.86. The van der Waals surface area contributed by atoms with Crippen molar-refractivity contribution in [1.82, 2.24) is 14.3 Å².